The smallest absolute Gasteiger partial charge is 0.243 e. The Labute approximate surface area is 136 Å². The zero-order valence-corrected chi connectivity index (χ0v) is 13.9. The monoisotopic (exact) mass is 337 g/mol. The zero-order chi connectivity index (χ0) is 17.1. The van der Waals surface area contributed by atoms with Gasteiger partial charge >= 0.3 is 0 Å². The molecule has 1 N–H and O–H groups in total. The van der Waals surface area contributed by atoms with Crippen molar-refractivity contribution in [3.8, 4) is 0 Å². The second kappa shape index (κ2) is 6.78. The molecular formula is C17H20FNO3S. The topological polar surface area (TPSA) is 57.6 Å². The van der Waals surface area contributed by atoms with Gasteiger partial charge in [0, 0.05) is 13.1 Å². The van der Waals surface area contributed by atoms with Gasteiger partial charge in [-0.2, -0.15) is 4.31 Å². The number of hydrogen-bond acceptors (Lipinski definition) is 3. The SMILES string of the molecule is CC(C)(O)CN(Cc1ccccc1)S(=O)(=O)c1ccc(F)cc1. The molecule has 124 valence electrons. The van der Waals surface area contributed by atoms with E-state index in [9.17, 15) is 17.9 Å². The van der Waals surface area contributed by atoms with Gasteiger partial charge < -0.3 is 5.11 Å². The van der Waals surface area contributed by atoms with E-state index in [0.717, 1.165) is 17.7 Å². The molecule has 0 amide bonds. The van der Waals surface area contributed by atoms with Crippen molar-refractivity contribution in [1.82, 2.24) is 4.31 Å². The maximum Gasteiger partial charge on any atom is 0.243 e. The van der Waals surface area contributed by atoms with Gasteiger partial charge in [0.15, 0.2) is 0 Å². The van der Waals surface area contributed by atoms with Crippen molar-refractivity contribution in [3.05, 3.63) is 66.0 Å². The molecule has 0 aromatic heterocycles. The lowest BCUT2D eigenvalue weighted by Gasteiger charge is -2.28. The van der Waals surface area contributed by atoms with Gasteiger partial charge in [-0.15, -0.1) is 0 Å². The largest absolute Gasteiger partial charge is 0.389 e. The van der Waals surface area contributed by atoms with E-state index in [0.29, 0.717) is 0 Å². The first-order valence-electron chi connectivity index (χ1n) is 7.20. The lowest BCUT2D eigenvalue weighted by Crippen LogP contribution is -2.41. The van der Waals surface area contributed by atoms with Crippen LogP contribution in [-0.4, -0.2) is 30.0 Å². The first-order chi connectivity index (χ1) is 10.7. The van der Waals surface area contributed by atoms with Gasteiger partial charge in [0.25, 0.3) is 0 Å². The molecule has 0 atom stereocenters. The first-order valence-corrected chi connectivity index (χ1v) is 8.64. The summed E-state index contributed by atoms with van der Waals surface area (Å²) in [6.07, 6.45) is 0. The third kappa shape index (κ3) is 4.86. The summed E-state index contributed by atoms with van der Waals surface area (Å²) in [7, 11) is -3.84. The van der Waals surface area contributed by atoms with Crippen molar-refractivity contribution in [3.63, 3.8) is 0 Å². The molecule has 2 aromatic rings. The maximum absolute atomic E-state index is 13.0. The standard InChI is InChI=1S/C17H20FNO3S/c1-17(2,20)13-19(12-14-6-4-3-5-7-14)23(21,22)16-10-8-15(18)9-11-16/h3-11,20H,12-13H2,1-2H3. The van der Waals surface area contributed by atoms with Crippen LogP contribution in [0.25, 0.3) is 0 Å². The molecule has 0 spiro atoms. The van der Waals surface area contributed by atoms with Crippen LogP contribution in [0, 0.1) is 5.82 Å². The van der Waals surface area contributed by atoms with Crippen LogP contribution in [0.15, 0.2) is 59.5 Å². The van der Waals surface area contributed by atoms with Crippen LogP contribution < -0.4 is 0 Å². The summed E-state index contributed by atoms with van der Waals surface area (Å²) in [5, 5.41) is 10.1. The van der Waals surface area contributed by atoms with Crippen LogP contribution in [-0.2, 0) is 16.6 Å². The van der Waals surface area contributed by atoms with Gasteiger partial charge in [0.05, 0.1) is 10.5 Å². The summed E-state index contributed by atoms with van der Waals surface area (Å²) in [5.74, 6) is -0.499. The molecule has 23 heavy (non-hydrogen) atoms. The van der Waals surface area contributed by atoms with Crippen molar-refractivity contribution in [2.24, 2.45) is 0 Å². The third-order valence-electron chi connectivity index (χ3n) is 3.22. The zero-order valence-electron chi connectivity index (χ0n) is 13.1. The van der Waals surface area contributed by atoms with Crippen molar-refractivity contribution in [2.45, 2.75) is 30.9 Å². The number of benzene rings is 2. The molecule has 0 saturated heterocycles. The van der Waals surface area contributed by atoms with E-state index in [1.807, 2.05) is 30.3 Å². The Morgan fingerprint density at radius 1 is 1.04 bits per heavy atom. The van der Waals surface area contributed by atoms with Gasteiger partial charge in [-0.1, -0.05) is 30.3 Å². The summed E-state index contributed by atoms with van der Waals surface area (Å²) >= 11 is 0. The van der Waals surface area contributed by atoms with E-state index in [2.05, 4.69) is 0 Å². The van der Waals surface area contributed by atoms with Gasteiger partial charge in [0.1, 0.15) is 5.82 Å². The van der Waals surface area contributed by atoms with E-state index >= 15 is 0 Å². The minimum Gasteiger partial charge on any atom is -0.389 e. The fourth-order valence-electron chi connectivity index (χ4n) is 2.20. The maximum atomic E-state index is 13.0. The van der Waals surface area contributed by atoms with Crippen LogP contribution in [0.2, 0.25) is 0 Å². The predicted molar refractivity (Wildman–Crippen MR) is 86.7 cm³/mol. The molecule has 0 heterocycles. The molecule has 0 fully saturated rings. The number of sulfonamides is 1. The van der Waals surface area contributed by atoms with Crippen LogP contribution in [0.1, 0.15) is 19.4 Å². The van der Waals surface area contributed by atoms with Crippen molar-refractivity contribution < 1.29 is 17.9 Å². The first kappa shape index (κ1) is 17.6. The molecule has 2 rings (SSSR count). The molecule has 0 saturated carbocycles. The van der Waals surface area contributed by atoms with Crippen LogP contribution in [0.5, 0.6) is 0 Å². The highest BCUT2D eigenvalue weighted by atomic mass is 32.2. The number of hydrogen-bond donors (Lipinski definition) is 1. The Morgan fingerprint density at radius 3 is 2.13 bits per heavy atom. The highest BCUT2D eigenvalue weighted by Gasteiger charge is 2.29. The molecule has 6 heteroatoms. The Balaban J connectivity index is 2.37. The molecule has 0 unspecified atom stereocenters. The summed E-state index contributed by atoms with van der Waals surface area (Å²) in [5.41, 5.74) is -0.385. The summed E-state index contributed by atoms with van der Waals surface area (Å²) in [6, 6.07) is 13.8. The molecule has 0 aliphatic heterocycles. The Bertz CT molecular complexity index is 738. The average molecular weight is 337 g/mol. The lowest BCUT2D eigenvalue weighted by molar-refractivity contribution is 0.0577. The second-order valence-electron chi connectivity index (χ2n) is 6.03. The molecule has 0 radical (unpaired) electrons. The minimum absolute atomic E-state index is 0.000851. The molecule has 2 aromatic carbocycles. The van der Waals surface area contributed by atoms with E-state index in [1.54, 1.807) is 13.8 Å². The molecule has 0 aliphatic rings. The highest BCUT2D eigenvalue weighted by Crippen LogP contribution is 2.21. The predicted octanol–water partition coefficient (Wildman–Crippen LogP) is 2.79. The van der Waals surface area contributed by atoms with Gasteiger partial charge in [0.2, 0.25) is 10.0 Å². The average Bonchev–Trinajstić information content (AvgIpc) is 2.47. The van der Waals surface area contributed by atoms with Crippen molar-refractivity contribution >= 4 is 10.0 Å². The van der Waals surface area contributed by atoms with E-state index in [4.69, 9.17) is 0 Å². The van der Waals surface area contributed by atoms with E-state index in [1.165, 1.54) is 16.4 Å². The summed E-state index contributed by atoms with van der Waals surface area (Å²) < 4.78 is 39.9. The normalized spacial score (nSPS) is 12.6. The number of aliphatic hydroxyl groups is 1. The number of rotatable bonds is 6. The van der Waals surface area contributed by atoms with E-state index in [-0.39, 0.29) is 18.0 Å². The summed E-state index contributed by atoms with van der Waals surface area (Å²) in [4.78, 5) is -0.000851. The second-order valence-corrected chi connectivity index (χ2v) is 7.96. The quantitative estimate of drug-likeness (QED) is 0.882. The van der Waals surface area contributed by atoms with Crippen LogP contribution in [0.4, 0.5) is 4.39 Å². The Morgan fingerprint density at radius 2 is 1.61 bits per heavy atom. The van der Waals surface area contributed by atoms with Gasteiger partial charge in [-0.25, -0.2) is 12.8 Å². The number of nitrogens with zero attached hydrogens (tertiary/aromatic N) is 1. The van der Waals surface area contributed by atoms with E-state index < -0.39 is 21.4 Å². The Hall–Kier alpha value is -1.76. The van der Waals surface area contributed by atoms with Crippen molar-refractivity contribution in [1.29, 1.82) is 0 Å². The van der Waals surface area contributed by atoms with Crippen LogP contribution in [0.3, 0.4) is 0 Å². The minimum atomic E-state index is -3.84. The van der Waals surface area contributed by atoms with Crippen molar-refractivity contribution in [2.75, 3.05) is 6.54 Å². The van der Waals surface area contributed by atoms with Crippen LogP contribution >= 0.6 is 0 Å². The lowest BCUT2D eigenvalue weighted by atomic mass is 10.1. The number of halogens is 1. The Kier molecular flexibility index (Phi) is 5.19. The molecular weight excluding hydrogens is 317 g/mol. The van der Waals surface area contributed by atoms with Gasteiger partial charge in [-0.3, -0.25) is 0 Å². The third-order valence-corrected chi connectivity index (χ3v) is 5.02. The van der Waals surface area contributed by atoms with Gasteiger partial charge in [-0.05, 0) is 43.7 Å². The highest BCUT2D eigenvalue weighted by molar-refractivity contribution is 7.89. The molecule has 0 aliphatic carbocycles. The fourth-order valence-corrected chi connectivity index (χ4v) is 3.78. The summed E-state index contributed by atoms with van der Waals surface area (Å²) in [6.45, 7) is 3.16. The fraction of sp³-hybridized carbons (Fsp3) is 0.294. The molecule has 4 nitrogen and oxygen atoms in total. The molecule has 0 bridgehead atoms.